The third kappa shape index (κ3) is 2.56. The summed E-state index contributed by atoms with van der Waals surface area (Å²) in [6.45, 7) is 4.15. The molecule has 1 N–H and O–H groups in total. The minimum atomic E-state index is 0.0414. The first-order valence-electron chi connectivity index (χ1n) is 5.38. The number of nitrogens with zero attached hydrogens (tertiary/aromatic N) is 1. The Morgan fingerprint density at radius 2 is 2.40 bits per heavy atom. The topological polar surface area (TPSA) is 42.0 Å². The molecule has 0 radical (unpaired) electrons. The molecule has 0 bridgehead atoms. The molecule has 0 aliphatic heterocycles. The largest absolute Gasteiger partial charge is 0.349 e. The molecule has 2 atom stereocenters. The predicted molar refractivity (Wildman–Crippen MR) is 61.1 cm³/mol. The number of hydrogen-bond donors (Lipinski definition) is 1. The van der Waals surface area contributed by atoms with Gasteiger partial charge in [0.05, 0.1) is 11.2 Å². The normalized spacial score (nSPS) is 25.5. The Morgan fingerprint density at radius 1 is 1.60 bits per heavy atom. The standard InChI is InChI=1S/C11H16N2OS/c1-7-3-4-9(5-7)13-11(14)10-6-12-8(2)15-10/h6-7,9H,3-5H2,1-2H3,(H,13,14). The van der Waals surface area contributed by atoms with Crippen LogP contribution in [0.3, 0.4) is 0 Å². The van der Waals surface area contributed by atoms with Crippen molar-refractivity contribution in [1.29, 1.82) is 0 Å². The Morgan fingerprint density at radius 3 is 2.93 bits per heavy atom. The van der Waals surface area contributed by atoms with E-state index in [1.807, 2.05) is 6.92 Å². The summed E-state index contributed by atoms with van der Waals surface area (Å²) >= 11 is 1.46. The molecular weight excluding hydrogens is 208 g/mol. The van der Waals surface area contributed by atoms with Crippen molar-refractivity contribution in [3.05, 3.63) is 16.1 Å². The van der Waals surface area contributed by atoms with Crippen LogP contribution < -0.4 is 5.32 Å². The Hall–Kier alpha value is -0.900. The molecule has 3 nitrogen and oxygen atoms in total. The summed E-state index contributed by atoms with van der Waals surface area (Å²) in [6, 6.07) is 0.370. The molecule has 2 unspecified atom stereocenters. The third-order valence-electron chi connectivity index (χ3n) is 2.88. The van der Waals surface area contributed by atoms with Gasteiger partial charge in [-0.05, 0) is 32.1 Å². The van der Waals surface area contributed by atoms with Gasteiger partial charge in [-0.25, -0.2) is 4.98 Å². The number of hydrogen-bond acceptors (Lipinski definition) is 3. The van der Waals surface area contributed by atoms with E-state index in [1.165, 1.54) is 17.8 Å². The molecule has 0 saturated heterocycles. The second-order valence-corrected chi connectivity index (χ2v) is 5.57. The molecule has 1 amide bonds. The lowest BCUT2D eigenvalue weighted by Crippen LogP contribution is -2.32. The molecule has 1 aromatic heterocycles. The average molecular weight is 224 g/mol. The van der Waals surface area contributed by atoms with Crippen LogP contribution in [0.5, 0.6) is 0 Å². The minimum Gasteiger partial charge on any atom is -0.349 e. The highest BCUT2D eigenvalue weighted by Crippen LogP contribution is 2.25. The maximum atomic E-state index is 11.8. The van der Waals surface area contributed by atoms with Crippen molar-refractivity contribution in [3.63, 3.8) is 0 Å². The predicted octanol–water partition coefficient (Wildman–Crippen LogP) is 2.37. The van der Waals surface area contributed by atoms with Crippen molar-refractivity contribution in [1.82, 2.24) is 10.3 Å². The number of thiazole rings is 1. The number of aromatic nitrogens is 1. The van der Waals surface area contributed by atoms with Crippen LogP contribution in [0.1, 0.15) is 40.9 Å². The number of aryl methyl sites for hydroxylation is 1. The van der Waals surface area contributed by atoms with Gasteiger partial charge in [-0.15, -0.1) is 11.3 Å². The van der Waals surface area contributed by atoms with E-state index in [-0.39, 0.29) is 5.91 Å². The Labute approximate surface area is 93.9 Å². The van der Waals surface area contributed by atoms with Crippen molar-refractivity contribution in [2.45, 2.75) is 39.2 Å². The monoisotopic (exact) mass is 224 g/mol. The van der Waals surface area contributed by atoms with Gasteiger partial charge in [0.1, 0.15) is 4.88 Å². The lowest BCUT2D eigenvalue weighted by molar-refractivity contribution is 0.0941. The van der Waals surface area contributed by atoms with Gasteiger partial charge in [-0.1, -0.05) is 6.92 Å². The molecule has 1 aliphatic rings. The van der Waals surface area contributed by atoms with Crippen LogP contribution in [0.25, 0.3) is 0 Å². The lowest BCUT2D eigenvalue weighted by Gasteiger charge is -2.10. The highest BCUT2D eigenvalue weighted by atomic mass is 32.1. The summed E-state index contributed by atoms with van der Waals surface area (Å²) in [5.74, 6) is 0.790. The molecule has 2 rings (SSSR count). The van der Waals surface area contributed by atoms with Gasteiger partial charge < -0.3 is 5.32 Å². The number of carbonyl (C=O) groups is 1. The molecule has 0 aromatic carbocycles. The van der Waals surface area contributed by atoms with E-state index in [0.717, 1.165) is 28.6 Å². The Bertz CT molecular complexity index is 361. The van der Waals surface area contributed by atoms with Gasteiger partial charge in [-0.2, -0.15) is 0 Å². The molecular formula is C11H16N2OS. The summed E-state index contributed by atoms with van der Waals surface area (Å²) in [5, 5.41) is 4.01. The third-order valence-corrected chi connectivity index (χ3v) is 3.79. The number of carbonyl (C=O) groups excluding carboxylic acids is 1. The summed E-state index contributed by atoms with van der Waals surface area (Å²) in [7, 11) is 0. The van der Waals surface area contributed by atoms with E-state index < -0.39 is 0 Å². The summed E-state index contributed by atoms with van der Waals surface area (Å²) in [6.07, 6.45) is 5.12. The van der Waals surface area contributed by atoms with Gasteiger partial charge >= 0.3 is 0 Å². The molecule has 82 valence electrons. The van der Waals surface area contributed by atoms with E-state index >= 15 is 0 Å². The van der Waals surface area contributed by atoms with Crippen LogP contribution in [0.15, 0.2) is 6.20 Å². The molecule has 1 aliphatic carbocycles. The number of amides is 1. The zero-order valence-corrected chi connectivity index (χ0v) is 9.93. The first-order chi connectivity index (χ1) is 7.15. The fourth-order valence-corrected chi connectivity index (χ4v) is 2.74. The second kappa shape index (κ2) is 4.31. The quantitative estimate of drug-likeness (QED) is 0.838. The van der Waals surface area contributed by atoms with Crippen LogP contribution in [0, 0.1) is 12.8 Å². The van der Waals surface area contributed by atoms with Gasteiger partial charge in [0, 0.05) is 6.04 Å². The Kier molecular flexibility index (Phi) is 3.05. The molecule has 4 heteroatoms. The maximum absolute atomic E-state index is 11.8. The molecule has 1 aromatic rings. The van der Waals surface area contributed by atoms with Crippen molar-refractivity contribution in [2.24, 2.45) is 5.92 Å². The SMILES string of the molecule is Cc1ncc(C(=O)NC2CCC(C)C2)s1. The van der Waals surface area contributed by atoms with Gasteiger partial charge in [0.15, 0.2) is 0 Å². The molecule has 1 saturated carbocycles. The summed E-state index contributed by atoms with van der Waals surface area (Å²) < 4.78 is 0. The minimum absolute atomic E-state index is 0.0414. The molecule has 1 heterocycles. The summed E-state index contributed by atoms with van der Waals surface area (Å²) in [4.78, 5) is 16.6. The molecule has 1 fully saturated rings. The Balaban J connectivity index is 1.92. The van der Waals surface area contributed by atoms with E-state index in [0.29, 0.717) is 6.04 Å². The summed E-state index contributed by atoms with van der Waals surface area (Å²) in [5.41, 5.74) is 0. The number of rotatable bonds is 2. The number of nitrogens with one attached hydrogen (secondary N) is 1. The first kappa shape index (κ1) is 10.6. The maximum Gasteiger partial charge on any atom is 0.263 e. The van der Waals surface area contributed by atoms with Crippen molar-refractivity contribution in [2.75, 3.05) is 0 Å². The molecule has 15 heavy (non-hydrogen) atoms. The fraction of sp³-hybridized carbons (Fsp3) is 0.636. The van der Waals surface area contributed by atoms with Crippen LogP contribution in [-0.4, -0.2) is 16.9 Å². The van der Waals surface area contributed by atoms with Gasteiger partial charge in [0.25, 0.3) is 5.91 Å². The van der Waals surface area contributed by atoms with E-state index in [2.05, 4.69) is 17.2 Å². The van der Waals surface area contributed by atoms with Crippen molar-refractivity contribution >= 4 is 17.2 Å². The van der Waals surface area contributed by atoms with Crippen LogP contribution in [0.4, 0.5) is 0 Å². The fourth-order valence-electron chi connectivity index (χ4n) is 2.06. The smallest absolute Gasteiger partial charge is 0.263 e. The second-order valence-electron chi connectivity index (χ2n) is 4.33. The van der Waals surface area contributed by atoms with E-state index in [9.17, 15) is 4.79 Å². The van der Waals surface area contributed by atoms with Crippen LogP contribution in [0.2, 0.25) is 0 Å². The van der Waals surface area contributed by atoms with Gasteiger partial charge in [0.2, 0.25) is 0 Å². The average Bonchev–Trinajstić information content (AvgIpc) is 2.75. The van der Waals surface area contributed by atoms with Crippen LogP contribution >= 0.6 is 11.3 Å². The zero-order chi connectivity index (χ0) is 10.8. The van der Waals surface area contributed by atoms with Crippen molar-refractivity contribution in [3.8, 4) is 0 Å². The highest BCUT2D eigenvalue weighted by molar-refractivity contribution is 7.13. The lowest BCUT2D eigenvalue weighted by atomic mass is 10.1. The molecule has 0 spiro atoms. The van der Waals surface area contributed by atoms with E-state index in [4.69, 9.17) is 0 Å². The van der Waals surface area contributed by atoms with Crippen LogP contribution in [-0.2, 0) is 0 Å². The van der Waals surface area contributed by atoms with E-state index in [1.54, 1.807) is 6.20 Å². The zero-order valence-electron chi connectivity index (χ0n) is 9.12. The van der Waals surface area contributed by atoms with Crippen molar-refractivity contribution < 1.29 is 4.79 Å². The first-order valence-corrected chi connectivity index (χ1v) is 6.20. The van der Waals surface area contributed by atoms with Gasteiger partial charge in [-0.3, -0.25) is 4.79 Å². The highest BCUT2D eigenvalue weighted by Gasteiger charge is 2.23.